The maximum atomic E-state index is 14.1. The number of rotatable bonds is 8. The van der Waals surface area contributed by atoms with Crippen molar-refractivity contribution in [1.82, 2.24) is 0 Å². The van der Waals surface area contributed by atoms with Gasteiger partial charge in [0, 0.05) is 11.5 Å². The van der Waals surface area contributed by atoms with Crippen LogP contribution in [-0.4, -0.2) is 0 Å². The fourth-order valence-corrected chi connectivity index (χ4v) is 5.83. The monoisotopic (exact) mass is 410 g/mol. The largest absolute Gasteiger partial charge is 0.207 e. The Morgan fingerprint density at radius 2 is 1.53 bits per heavy atom. The van der Waals surface area contributed by atoms with Crippen LogP contribution >= 0.6 is 0 Å². The molecular weight excluding hydrogens is 367 g/mol. The molecule has 166 valence electrons. The van der Waals surface area contributed by atoms with Gasteiger partial charge in [0.05, 0.1) is 0 Å². The maximum Gasteiger partial charge on any atom is 0.127 e. The topological polar surface area (TPSA) is 0 Å². The predicted octanol–water partition coefficient (Wildman–Crippen LogP) is 8.71. The summed E-state index contributed by atoms with van der Waals surface area (Å²) in [6, 6.07) is 5.54. The molecule has 2 aliphatic rings. The Bertz CT molecular complexity index is 678. The highest BCUT2D eigenvalue weighted by molar-refractivity contribution is 5.37. The van der Waals surface area contributed by atoms with Gasteiger partial charge in [-0.2, -0.15) is 0 Å². The molecule has 1 aromatic rings. The van der Waals surface area contributed by atoms with Crippen LogP contribution in [0.1, 0.15) is 115 Å². The van der Waals surface area contributed by atoms with E-state index in [0.717, 1.165) is 41.7 Å². The molecule has 0 amide bonds. The number of hydrogen-bond donors (Lipinski definition) is 0. The zero-order chi connectivity index (χ0) is 21.2. The summed E-state index contributed by atoms with van der Waals surface area (Å²) < 4.78 is 14.1. The van der Waals surface area contributed by atoms with Crippen LogP contribution in [-0.2, 0) is 6.42 Å². The average molecular weight is 411 g/mol. The van der Waals surface area contributed by atoms with Gasteiger partial charge in [0.2, 0.25) is 0 Å². The zero-order valence-corrected chi connectivity index (χ0v) is 19.5. The molecule has 1 aromatic carbocycles. The number of halogens is 1. The summed E-state index contributed by atoms with van der Waals surface area (Å²) in [5.41, 5.74) is 1.66. The minimum Gasteiger partial charge on any atom is -0.207 e. The van der Waals surface area contributed by atoms with Crippen molar-refractivity contribution in [2.75, 3.05) is 0 Å². The Balaban J connectivity index is 1.39. The first-order valence-electron chi connectivity index (χ1n) is 13.0. The normalized spacial score (nSPS) is 26.8. The first kappa shape index (κ1) is 23.4. The molecule has 2 fully saturated rings. The summed E-state index contributed by atoms with van der Waals surface area (Å²) in [4.78, 5) is 0. The van der Waals surface area contributed by atoms with Gasteiger partial charge in [0.15, 0.2) is 0 Å². The lowest BCUT2D eigenvalue weighted by Gasteiger charge is -2.37. The van der Waals surface area contributed by atoms with Crippen LogP contribution in [0.2, 0.25) is 0 Å². The van der Waals surface area contributed by atoms with E-state index in [2.05, 4.69) is 25.7 Å². The molecule has 0 atom stereocenters. The van der Waals surface area contributed by atoms with Gasteiger partial charge in [-0.3, -0.25) is 0 Å². The summed E-state index contributed by atoms with van der Waals surface area (Å²) in [6.45, 7) is 4.39. The molecule has 0 saturated heterocycles. The van der Waals surface area contributed by atoms with Crippen LogP contribution in [0.3, 0.4) is 0 Å². The first-order chi connectivity index (χ1) is 14.7. The van der Waals surface area contributed by atoms with Crippen molar-refractivity contribution in [3.8, 4) is 11.8 Å². The van der Waals surface area contributed by atoms with Crippen LogP contribution in [0.25, 0.3) is 0 Å². The van der Waals surface area contributed by atoms with Crippen LogP contribution < -0.4 is 0 Å². The third-order valence-electron chi connectivity index (χ3n) is 7.79. The van der Waals surface area contributed by atoms with E-state index in [1.165, 1.54) is 83.5 Å². The van der Waals surface area contributed by atoms with Crippen LogP contribution in [0, 0.1) is 41.3 Å². The van der Waals surface area contributed by atoms with Crippen molar-refractivity contribution in [3.05, 3.63) is 35.1 Å². The van der Waals surface area contributed by atoms with Gasteiger partial charge in [0.25, 0.3) is 0 Å². The van der Waals surface area contributed by atoms with E-state index in [1.807, 2.05) is 12.1 Å². The second-order valence-corrected chi connectivity index (χ2v) is 10.1. The van der Waals surface area contributed by atoms with Crippen molar-refractivity contribution in [3.63, 3.8) is 0 Å². The van der Waals surface area contributed by atoms with Crippen molar-refractivity contribution >= 4 is 0 Å². The summed E-state index contributed by atoms with van der Waals surface area (Å²) in [7, 11) is 0. The highest BCUT2D eigenvalue weighted by atomic mass is 19.1. The molecule has 30 heavy (non-hydrogen) atoms. The summed E-state index contributed by atoms with van der Waals surface area (Å²) in [5.74, 6) is 10.1. The lowest BCUT2D eigenvalue weighted by atomic mass is 9.69. The Labute approximate surface area is 185 Å². The third-order valence-corrected chi connectivity index (χ3v) is 7.79. The molecule has 0 radical (unpaired) electrons. The smallest absolute Gasteiger partial charge is 0.127 e. The standard InChI is InChI=1S/C29H43F/c1-3-5-6-7-9-23-12-17-26(18-13-23)27-19-14-24(15-20-27)10-11-25-16-21-28(8-4-2)29(30)22-25/h16,21-24,26-27H,3-9,12-15,17-20H2,1-2H3/t23-,24?,26-,27?. The number of benzene rings is 1. The summed E-state index contributed by atoms with van der Waals surface area (Å²) in [6.07, 6.45) is 20.0. The minimum atomic E-state index is -0.0895. The molecule has 2 aliphatic carbocycles. The van der Waals surface area contributed by atoms with E-state index in [-0.39, 0.29) is 5.82 Å². The van der Waals surface area contributed by atoms with E-state index in [9.17, 15) is 4.39 Å². The van der Waals surface area contributed by atoms with E-state index in [4.69, 9.17) is 0 Å². The quantitative estimate of drug-likeness (QED) is 0.297. The van der Waals surface area contributed by atoms with Gasteiger partial charge in [-0.15, -0.1) is 0 Å². The van der Waals surface area contributed by atoms with E-state index >= 15 is 0 Å². The molecule has 0 aliphatic heterocycles. The van der Waals surface area contributed by atoms with Gasteiger partial charge in [-0.1, -0.05) is 83.1 Å². The lowest BCUT2D eigenvalue weighted by Crippen LogP contribution is -2.25. The van der Waals surface area contributed by atoms with Gasteiger partial charge >= 0.3 is 0 Å². The number of hydrogen-bond acceptors (Lipinski definition) is 0. The number of aryl methyl sites for hydroxylation is 1. The van der Waals surface area contributed by atoms with E-state index in [0.29, 0.717) is 5.92 Å². The molecule has 0 spiro atoms. The van der Waals surface area contributed by atoms with E-state index < -0.39 is 0 Å². The zero-order valence-electron chi connectivity index (χ0n) is 19.5. The van der Waals surface area contributed by atoms with Crippen molar-refractivity contribution in [2.24, 2.45) is 23.7 Å². The molecule has 0 bridgehead atoms. The van der Waals surface area contributed by atoms with Crippen LogP contribution in [0.4, 0.5) is 4.39 Å². The molecule has 3 rings (SSSR count). The second-order valence-electron chi connectivity index (χ2n) is 10.1. The molecule has 1 heteroatoms. The average Bonchev–Trinajstić information content (AvgIpc) is 2.78. The summed E-state index contributed by atoms with van der Waals surface area (Å²) >= 11 is 0. The minimum absolute atomic E-state index is 0.0895. The number of unbranched alkanes of at least 4 members (excludes halogenated alkanes) is 3. The van der Waals surface area contributed by atoms with Gasteiger partial charge in [-0.25, -0.2) is 4.39 Å². The lowest BCUT2D eigenvalue weighted by molar-refractivity contribution is 0.153. The first-order valence-corrected chi connectivity index (χ1v) is 13.0. The highest BCUT2D eigenvalue weighted by Gasteiger charge is 2.30. The SMILES string of the molecule is CCCCCC[C@H]1CC[C@H](C2CCC(C#Cc3ccc(CCC)c(F)c3)CC2)CC1. The fraction of sp³-hybridized carbons (Fsp3) is 0.724. The second kappa shape index (κ2) is 12.5. The highest BCUT2D eigenvalue weighted by Crippen LogP contribution is 2.42. The molecule has 0 heterocycles. The van der Waals surface area contributed by atoms with Crippen LogP contribution in [0.5, 0.6) is 0 Å². The molecule has 0 nitrogen and oxygen atoms in total. The predicted molar refractivity (Wildman–Crippen MR) is 127 cm³/mol. The van der Waals surface area contributed by atoms with Gasteiger partial charge in [-0.05, 0) is 80.4 Å². The van der Waals surface area contributed by atoms with E-state index in [1.54, 1.807) is 6.07 Å². The fourth-order valence-electron chi connectivity index (χ4n) is 5.83. The molecular formula is C29H43F. The van der Waals surface area contributed by atoms with Gasteiger partial charge < -0.3 is 0 Å². The Morgan fingerprint density at radius 3 is 2.17 bits per heavy atom. The Hall–Kier alpha value is -1.29. The summed E-state index contributed by atoms with van der Waals surface area (Å²) in [5, 5.41) is 0. The third kappa shape index (κ3) is 7.14. The van der Waals surface area contributed by atoms with Crippen molar-refractivity contribution in [1.29, 1.82) is 0 Å². The van der Waals surface area contributed by atoms with Crippen molar-refractivity contribution in [2.45, 2.75) is 110 Å². The Kier molecular flexibility index (Phi) is 9.77. The van der Waals surface area contributed by atoms with Crippen molar-refractivity contribution < 1.29 is 4.39 Å². The molecule has 0 unspecified atom stereocenters. The molecule has 0 N–H and O–H groups in total. The van der Waals surface area contributed by atoms with Gasteiger partial charge in [0.1, 0.15) is 5.82 Å². The Morgan fingerprint density at radius 1 is 0.833 bits per heavy atom. The maximum absolute atomic E-state index is 14.1. The molecule has 0 aromatic heterocycles. The van der Waals surface area contributed by atoms with Crippen LogP contribution in [0.15, 0.2) is 18.2 Å². The molecule has 2 saturated carbocycles.